The number of benzene rings is 2. The van der Waals surface area contributed by atoms with E-state index in [1.54, 1.807) is 30.3 Å². The Labute approximate surface area is 136 Å². The highest BCUT2D eigenvalue weighted by Gasteiger charge is 2.52. The van der Waals surface area contributed by atoms with E-state index in [4.69, 9.17) is 21.1 Å². The van der Waals surface area contributed by atoms with E-state index < -0.39 is 29.9 Å². The zero-order chi connectivity index (χ0) is 16.4. The van der Waals surface area contributed by atoms with Crippen LogP contribution < -0.4 is 0 Å². The highest BCUT2D eigenvalue weighted by atomic mass is 35.5. The molecule has 0 aliphatic carbocycles. The summed E-state index contributed by atoms with van der Waals surface area (Å²) in [4.78, 5) is 36.4. The van der Waals surface area contributed by atoms with Gasteiger partial charge in [-0.3, -0.25) is 14.4 Å². The Morgan fingerprint density at radius 3 is 2.04 bits per heavy atom. The van der Waals surface area contributed by atoms with Gasteiger partial charge in [-0.05, 0) is 24.3 Å². The highest BCUT2D eigenvalue weighted by molar-refractivity contribution is 6.30. The van der Waals surface area contributed by atoms with Gasteiger partial charge in [0, 0.05) is 16.1 Å². The van der Waals surface area contributed by atoms with Crippen LogP contribution in [0, 0.1) is 0 Å². The number of rotatable bonds is 3. The maximum absolute atomic E-state index is 12.9. The zero-order valence-corrected chi connectivity index (χ0v) is 12.6. The summed E-state index contributed by atoms with van der Waals surface area (Å²) >= 11 is 5.85. The Morgan fingerprint density at radius 2 is 1.48 bits per heavy atom. The summed E-state index contributed by atoms with van der Waals surface area (Å²) in [5.41, 5.74) is 0.474. The van der Waals surface area contributed by atoms with Crippen molar-refractivity contribution in [2.45, 2.75) is 12.2 Å². The molecule has 3 rings (SSSR count). The van der Waals surface area contributed by atoms with Gasteiger partial charge in [0.1, 0.15) is 6.42 Å². The second-order valence-corrected chi connectivity index (χ2v) is 5.38. The number of cyclic esters (lactones) is 2. The number of carbonyl (C=O) groups excluding carboxylic acids is 3. The predicted molar refractivity (Wildman–Crippen MR) is 80.7 cm³/mol. The van der Waals surface area contributed by atoms with Crippen molar-refractivity contribution in [2.24, 2.45) is 0 Å². The number of halogens is 1. The second kappa shape index (κ2) is 5.85. The number of esters is 2. The molecule has 0 aromatic heterocycles. The minimum atomic E-state index is -2.13. The molecule has 0 radical (unpaired) electrons. The molecule has 1 fully saturated rings. The maximum atomic E-state index is 12.9. The molecule has 0 spiro atoms. The van der Waals surface area contributed by atoms with E-state index in [1.165, 1.54) is 24.3 Å². The van der Waals surface area contributed by atoms with Crippen molar-refractivity contribution in [3.63, 3.8) is 0 Å². The van der Waals surface area contributed by atoms with E-state index >= 15 is 0 Å². The molecule has 1 heterocycles. The molecule has 6 heteroatoms. The summed E-state index contributed by atoms with van der Waals surface area (Å²) in [7, 11) is 0. The van der Waals surface area contributed by atoms with Crippen LogP contribution >= 0.6 is 11.6 Å². The van der Waals surface area contributed by atoms with Gasteiger partial charge in [0.25, 0.3) is 5.78 Å². The quantitative estimate of drug-likeness (QED) is 0.491. The molecule has 0 atom stereocenters. The van der Waals surface area contributed by atoms with Crippen LogP contribution in [0.5, 0.6) is 0 Å². The van der Waals surface area contributed by atoms with Crippen LogP contribution in [0.15, 0.2) is 54.6 Å². The molecule has 0 N–H and O–H groups in total. The van der Waals surface area contributed by atoms with Gasteiger partial charge in [0.05, 0.1) is 0 Å². The minimum absolute atomic E-state index is 0.220. The number of hydrogen-bond donors (Lipinski definition) is 0. The molecule has 0 amide bonds. The largest absolute Gasteiger partial charge is 0.410 e. The van der Waals surface area contributed by atoms with Gasteiger partial charge in [-0.25, -0.2) is 0 Å². The van der Waals surface area contributed by atoms with E-state index in [1.807, 2.05) is 0 Å². The number of carbonyl (C=O) groups is 3. The van der Waals surface area contributed by atoms with Gasteiger partial charge in [0.2, 0.25) is 0 Å². The van der Waals surface area contributed by atoms with Crippen molar-refractivity contribution < 1.29 is 23.9 Å². The molecule has 1 saturated heterocycles. The third-order valence-electron chi connectivity index (χ3n) is 3.36. The number of Topliss-reactive ketones (excluding diaryl/α,β-unsaturated/α-hetero) is 1. The predicted octanol–water partition coefficient (Wildman–Crippen LogP) is 2.87. The summed E-state index contributed by atoms with van der Waals surface area (Å²) in [5, 5.41) is 0.435. The Hall–Kier alpha value is -2.66. The SMILES string of the molecule is O=C1CC(=O)OC(C(=O)c2ccccc2)(c2ccc(Cl)cc2)O1. The Kier molecular flexibility index (Phi) is 3.88. The zero-order valence-electron chi connectivity index (χ0n) is 11.8. The first-order valence-electron chi connectivity index (χ1n) is 6.81. The highest BCUT2D eigenvalue weighted by Crippen LogP contribution is 2.35. The Morgan fingerprint density at radius 1 is 0.913 bits per heavy atom. The normalized spacial score (nSPS) is 16.4. The maximum Gasteiger partial charge on any atom is 0.348 e. The van der Waals surface area contributed by atoms with Gasteiger partial charge < -0.3 is 9.47 Å². The average molecular weight is 331 g/mol. The number of ketones is 1. The van der Waals surface area contributed by atoms with Crippen molar-refractivity contribution >= 4 is 29.3 Å². The molecule has 0 saturated carbocycles. The molecule has 0 unspecified atom stereocenters. The van der Waals surface area contributed by atoms with Gasteiger partial charge in [-0.2, -0.15) is 0 Å². The summed E-state index contributed by atoms with van der Waals surface area (Å²) < 4.78 is 10.4. The van der Waals surface area contributed by atoms with E-state index in [2.05, 4.69) is 0 Å². The third kappa shape index (κ3) is 2.83. The standard InChI is InChI=1S/C17H11ClO5/c18-13-8-6-12(7-9-13)17(22-14(19)10-15(20)23-17)16(21)11-4-2-1-3-5-11/h1-9H,10H2. The number of ether oxygens (including phenoxy) is 2. The Bertz CT molecular complexity index is 751. The molecular weight excluding hydrogens is 320 g/mol. The van der Waals surface area contributed by atoms with Gasteiger partial charge in [0.15, 0.2) is 0 Å². The molecule has 0 bridgehead atoms. The molecule has 1 aliphatic heterocycles. The lowest BCUT2D eigenvalue weighted by atomic mass is 9.95. The molecule has 5 nitrogen and oxygen atoms in total. The van der Waals surface area contributed by atoms with Crippen LogP contribution in [-0.4, -0.2) is 17.7 Å². The first kappa shape index (κ1) is 15.2. The van der Waals surface area contributed by atoms with E-state index in [9.17, 15) is 14.4 Å². The lowest BCUT2D eigenvalue weighted by Crippen LogP contribution is -2.48. The summed E-state index contributed by atoms with van der Waals surface area (Å²) in [6, 6.07) is 14.2. The van der Waals surface area contributed by atoms with Crippen LogP contribution in [0.4, 0.5) is 0 Å². The van der Waals surface area contributed by atoms with Crippen LogP contribution in [0.3, 0.4) is 0 Å². The molecule has 1 aliphatic rings. The molecule has 2 aromatic carbocycles. The van der Waals surface area contributed by atoms with Crippen molar-refractivity contribution in [3.05, 3.63) is 70.7 Å². The van der Waals surface area contributed by atoms with Gasteiger partial charge in [-0.1, -0.05) is 41.9 Å². The fraction of sp³-hybridized carbons (Fsp3) is 0.118. The van der Waals surface area contributed by atoms with Gasteiger partial charge >= 0.3 is 17.7 Å². The fourth-order valence-corrected chi connectivity index (χ4v) is 2.45. The first-order chi connectivity index (χ1) is 11.0. The smallest absolute Gasteiger partial charge is 0.348 e. The van der Waals surface area contributed by atoms with Crippen LogP contribution in [-0.2, 0) is 24.8 Å². The summed E-state index contributed by atoms with van der Waals surface area (Å²) in [5.74, 6) is -4.40. The van der Waals surface area contributed by atoms with Crippen LogP contribution in [0.25, 0.3) is 0 Å². The van der Waals surface area contributed by atoms with Crippen molar-refractivity contribution in [3.8, 4) is 0 Å². The van der Waals surface area contributed by atoms with Crippen molar-refractivity contribution in [1.29, 1.82) is 0 Å². The molecule has 23 heavy (non-hydrogen) atoms. The van der Waals surface area contributed by atoms with Crippen LogP contribution in [0.2, 0.25) is 5.02 Å². The molecular formula is C17H11ClO5. The van der Waals surface area contributed by atoms with E-state index in [-0.39, 0.29) is 11.1 Å². The van der Waals surface area contributed by atoms with Gasteiger partial charge in [-0.15, -0.1) is 0 Å². The molecule has 2 aromatic rings. The topological polar surface area (TPSA) is 69.7 Å². The molecule has 116 valence electrons. The lowest BCUT2D eigenvalue weighted by molar-refractivity contribution is -0.230. The number of hydrogen-bond acceptors (Lipinski definition) is 5. The monoisotopic (exact) mass is 330 g/mol. The van der Waals surface area contributed by atoms with E-state index in [0.717, 1.165) is 0 Å². The minimum Gasteiger partial charge on any atom is -0.410 e. The first-order valence-corrected chi connectivity index (χ1v) is 7.18. The van der Waals surface area contributed by atoms with Crippen molar-refractivity contribution in [2.75, 3.05) is 0 Å². The van der Waals surface area contributed by atoms with E-state index in [0.29, 0.717) is 5.02 Å². The second-order valence-electron chi connectivity index (χ2n) is 4.94. The lowest BCUT2D eigenvalue weighted by Gasteiger charge is -2.34. The fourth-order valence-electron chi connectivity index (χ4n) is 2.32. The van der Waals surface area contributed by atoms with Crippen LogP contribution in [0.1, 0.15) is 22.3 Å². The average Bonchev–Trinajstić information content (AvgIpc) is 2.54. The summed E-state index contributed by atoms with van der Waals surface area (Å²) in [6.45, 7) is 0. The summed E-state index contributed by atoms with van der Waals surface area (Å²) in [6.07, 6.45) is -0.530. The van der Waals surface area contributed by atoms with Crippen molar-refractivity contribution in [1.82, 2.24) is 0 Å². The third-order valence-corrected chi connectivity index (χ3v) is 3.61. The Balaban J connectivity index is 2.14.